The molecule has 0 unspecified atom stereocenters. The van der Waals surface area contributed by atoms with Crippen LogP contribution in [0.15, 0.2) is 59.4 Å². The highest BCUT2D eigenvalue weighted by atomic mass is 16.2. The van der Waals surface area contributed by atoms with Gasteiger partial charge in [0, 0.05) is 35.7 Å². The van der Waals surface area contributed by atoms with Gasteiger partial charge >= 0.3 is 0 Å². The summed E-state index contributed by atoms with van der Waals surface area (Å²) in [5.41, 5.74) is 4.99. The Bertz CT molecular complexity index is 1410. The van der Waals surface area contributed by atoms with E-state index >= 15 is 0 Å². The number of hydrogen-bond acceptors (Lipinski definition) is 4. The van der Waals surface area contributed by atoms with Gasteiger partial charge in [-0.25, -0.2) is 4.68 Å². The van der Waals surface area contributed by atoms with E-state index in [1.807, 2.05) is 44.2 Å². The molecule has 0 aliphatic heterocycles. The van der Waals surface area contributed by atoms with E-state index in [9.17, 15) is 14.4 Å². The predicted octanol–water partition coefficient (Wildman–Crippen LogP) is 4.11. The van der Waals surface area contributed by atoms with Crippen molar-refractivity contribution in [3.8, 4) is 5.69 Å². The van der Waals surface area contributed by atoms with E-state index in [0.29, 0.717) is 23.2 Å². The lowest BCUT2D eigenvalue weighted by Gasteiger charge is -2.13. The number of amides is 1. The minimum absolute atomic E-state index is 0.0273. The number of pyridine rings is 1. The van der Waals surface area contributed by atoms with Gasteiger partial charge in [-0.05, 0) is 69.2 Å². The van der Waals surface area contributed by atoms with Gasteiger partial charge in [0.15, 0.2) is 5.78 Å². The Morgan fingerprint density at radius 3 is 2.30 bits per heavy atom. The summed E-state index contributed by atoms with van der Waals surface area (Å²) < 4.78 is 3.41. The summed E-state index contributed by atoms with van der Waals surface area (Å²) in [5.74, 6) is -0.218. The quantitative estimate of drug-likeness (QED) is 0.455. The molecular formula is C26H26N4O3. The molecule has 0 atom stereocenters. The van der Waals surface area contributed by atoms with Gasteiger partial charge in [0.25, 0.3) is 5.56 Å². The summed E-state index contributed by atoms with van der Waals surface area (Å²) in [6.45, 7) is 5.35. The van der Waals surface area contributed by atoms with Crippen molar-refractivity contribution >= 4 is 28.4 Å². The highest BCUT2D eigenvalue weighted by Crippen LogP contribution is 2.25. The van der Waals surface area contributed by atoms with Crippen LogP contribution in [0.5, 0.6) is 0 Å². The number of nitrogens with one attached hydrogen (secondary N) is 1. The van der Waals surface area contributed by atoms with Crippen LogP contribution in [-0.2, 0) is 18.3 Å². The van der Waals surface area contributed by atoms with Gasteiger partial charge in [-0.1, -0.05) is 18.2 Å². The van der Waals surface area contributed by atoms with Crippen LogP contribution >= 0.6 is 0 Å². The van der Waals surface area contributed by atoms with Crippen molar-refractivity contribution in [2.24, 2.45) is 7.05 Å². The molecule has 2 aromatic heterocycles. The molecule has 0 spiro atoms. The summed E-state index contributed by atoms with van der Waals surface area (Å²) in [6.07, 6.45) is 0.490. The summed E-state index contributed by atoms with van der Waals surface area (Å²) in [4.78, 5) is 37.2. The molecule has 2 heterocycles. The van der Waals surface area contributed by atoms with Crippen molar-refractivity contribution in [2.45, 2.75) is 33.6 Å². The number of anilines is 1. The largest absolute Gasteiger partial charge is 0.326 e. The summed E-state index contributed by atoms with van der Waals surface area (Å²) >= 11 is 0. The van der Waals surface area contributed by atoms with Crippen LogP contribution in [-0.4, -0.2) is 26.0 Å². The Kier molecular flexibility index (Phi) is 5.96. The first-order valence-electron chi connectivity index (χ1n) is 10.8. The highest BCUT2D eigenvalue weighted by Gasteiger charge is 2.20. The number of carbonyl (C=O) groups excluding carboxylic acids is 2. The van der Waals surface area contributed by atoms with Gasteiger partial charge in [-0.3, -0.25) is 19.0 Å². The van der Waals surface area contributed by atoms with Gasteiger partial charge in [0.1, 0.15) is 5.65 Å². The van der Waals surface area contributed by atoms with Gasteiger partial charge in [-0.15, -0.1) is 0 Å². The first kappa shape index (κ1) is 22.2. The zero-order valence-electron chi connectivity index (χ0n) is 19.2. The Labute approximate surface area is 191 Å². The lowest BCUT2D eigenvalue weighted by atomic mass is 10.0. The maximum Gasteiger partial charge on any atom is 0.255 e. The number of aryl methyl sites for hydroxylation is 3. The molecule has 7 nitrogen and oxygen atoms in total. The van der Waals surface area contributed by atoms with Gasteiger partial charge in [0.2, 0.25) is 5.91 Å². The molecule has 0 saturated heterocycles. The van der Waals surface area contributed by atoms with E-state index in [0.717, 1.165) is 28.0 Å². The number of para-hydroxylation sites is 1. The first-order chi connectivity index (χ1) is 15.8. The number of ketones is 1. The van der Waals surface area contributed by atoms with Crippen LogP contribution in [0.4, 0.5) is 5.69 Å². The van der Waals surface area contributed by atoms with Gasteiger partial charge in [0.05, 0.1) is 11.4 Å². The second kappa shape index (κ2) is 8.86. The van der Waals surface area contributed by atoms with Crippen molar-refractivity contribution in [2.75, 3.05) is 5.32 Å². The Morgan fingerprint density at radius 1 is 1.00 bits per heavy atom. The van der Waals surface area contributed by atoms with Crippen LogP contribution in [0.3, 0.4) is 0 Å². The molecular weight excluding hydrogens is 416 g/mol. The fourth-order valence-electron chi connectivity index (χ4n) is 4.17. The third-order valence-electron chi connectivity index (χ3n) is 5.92. The number of benzene rings is 2. The lowest BCUT2D eigenvalue weighted by molar-refractivity contribution is -0.116. The van der Waals surface area contributed by atoms with Crippen LogP contribution in [0.2, 0.25) is 0 Å². The number of aromatic nitrogens is 3. The zero-order chi connectivity index (χ0) is 23.7. The minimum Gasteiger partial charge on any atom is -0.326 e. The molecule has 168 valence electrons. The highest BCUT2D eigenvalue weighted by molar-refractivity contribution is 5.95. The molecule has 0 radical (unpaired) electrons. The average molecular weight is 443 g/mol. The summed E-state index contributed by atoms with van der Waals surface area (Å²) in [5, 5.41) is 8.45. The Hall–Kier alpha value is -4.00. The molecule has 4 rings (SSSR count). The number of fused-ring (bicyclic) bond motifs is 1. The standard InChI is InChI=1S/C26H26N4O3/c1-16-22(14-15-23(32)27-20-12-10-19(11-13-20)18(3)31)26(33)29(4)25-24(16)17(2)28-30(25)21-8-6-5-7-9-21/h5-13H,14-15H2,1-4H3,(H,27,32). The van der Waals surface area contributed by atoms with Crippen LogP contribution in [0.25, 0.3) is 16.7 Å². The topological polar surface area (TPSA) is 86.0 Å². The van der Waals surface area contributed by atoms with E-state index < -0.39 is 0 Å². The smallest absolute Gasteiger partial charge is 0.255 e. The molecule has 33 heavy (non-hydrogen) atoms. The lowest BCUT2D eigenvalue weighted by Crippen LogP contribution is -2.25. The monoisotopic (exact) mass is 442 g/mol. The molecule has 0 fully saturated rings. The van der Waals surface area contributed by atoms with Crippen molar-refractivity contribution in [3.63, 3.8) is 0 Å². The summed E-state index contributed by atoms with van der Waals surface area (Å²) in [7, 11) is 1.74. The molecule has 0 aliphatic carbocycles. The molecule has 7 heteroatoms. The van der Waals surface area contributed by atoms with Crippen LogP contribution in [0, 0.1) is 13.8 Å². The van der Waals surface area contributed by atoms with Gasteiger partial charge < -0.3 is 5.32 Å². The van der Waals surface area contributed by atoms with Crippen LogP contribution < -0.4 is 10.9 Å². The van der Waals surface area contributed by atoms with E-state index in [4.69, 9.17) is 0 Å². The van der Waals surface area contributed by atoms with E-state index in [-0.39, 0.29) is 23.7 Å². The third kappa shape index (κ3) is 4.22. The molecule has 2 aromatic carbocycles. The fraction of sp³-hybridized carbons (Fsp3) is 0.231. The molecule has 4 aromatic rings. The molecule has 0 bridgehead atoms. The van der Waals surface area contributed by atoms with E-state index in [1.165, 1.54) is 6.92 Å². The van der Waals surface area contributed by atoms with Crippen molar-refractivity contribution in [3.05, 3.63) is 87.3 Å². The van der Waals surface area contributed by atoms with E-state index in [1.54, 1.807) is 40.6 Å². The Balaban J connectivity index is 1.61. The second-order valence-electron chi connectivity index (χ2n) is 8.18. The number of hydrogen-bond donors (Lipinski definition) is 1. The number of rotatable bonds is 6. The predicted molar refractivity (Wildman–Crippen MR) is 129 cm³/mol. The van der Waals surface area contributed by atoms with Gasteiger partial charge in [-0.2, -0.15) is 5.10 Å². The first-order valence-corrected chi connectivity index (χ1v) is 10.8. The maximum atomic E-state index is 13.2. The number of nitrogens with zero attached hydrogens (tertiary/aromatic N) is 3. The maximum absolute atomic E-state index is 13.2. The molecule has 1 amide bonds. The normalized spacial score (nSPS) is 11.0. The molecule has 0 saturated carbocycles. The fourth-order valence-corrected chi connectivity index (χ4v) is 4.17. The molecule has 1 N–H and O–H groups in total. The molecule has 0 aliphatic rings. The van der Waals surface area contributed by atoms with Crippen LogP contribution in [0.1, 0.15) is 40.5 Å². The SMILES string of the molecule is CC(=O)c1ccc(NC(=O)CCc2c(C)c3c(C)nn(-c4ccccc4)c3n(C)c2=O)cc1. The van der Waals surface area contributed by atoms with Crippen molar-refractivity contribution < 1.29 is 9.59 Å². The zero-order valence-corrected chi connectivity index (χ0v) is 19.2. The summed E-state index contributed by atoms with van der Waals surface area (Å²) in [6, 6.07) is 16.5. The third-order valence-corrected chi connectivity index (χ3v) is 5.92. The minimum atomic E-state index is -0.191. The average Bonchev–Trinajstić information content (AvgIpc) is 3.16. The second-order valence-corrected chi connectivity index (χ2v) is 8.18. The van der Waals surface area contributed by atoms with Crippen molar-refractivity contribution in [1.29, 1.82) is 0 Å². The van der Waals surface area contributed by atoms with E-state index in [2.05, 4.69) is 10.4 Å². The number of Topliss-reactive ketones (excluding diaryl/α,β-unsaturated/α-hetero) is 1. The Morgan fingerprint density at radius 2 is 1.67 bits per heavy atom. The number of carbonyl (C=O) groups is 2. The van der Waals surface area contributed by atoms with Crippen molar-refractivity contribution in [1.82, 2.24) is 14.3 Å².